The van der Waals surface area contributed by atoms with Crippen LogP contribution in [0.2, 0.25) is 0 Å². The fourth-order valence-electron chi connectivity index (χ4n) is 1.19. The molecule has 0 spiro atoms. The molecule has 1 aromatic carbocycles. The van der Waals surface area contributed by atoms with Gasteiger partial charge in [0.15, 0.2) is 0 Å². The average molecular weight is 215 g/mol. The molecule has 1 N–H and O–H groups in total. The van der Waals surface area contributed by atoms with Crippen molar-refractivity contribution in [2.75, 3.05) is 5.32 Å². The normalized spacial score (nSPS) is 11.7. The minimum absolute atomic E-state index is 0.237. The number of hydrogen-bond donors (Lipinski definition) is 1. The van der Waals surface area contributed by atoms with E-state index < -0.39 is 0 Å². The first-order valence-electron chi connectivity index (χ1n) is 5.74. The van der Waals surface area contributed by atoms with Crippen LogP contribution in [-0.4, -0.2) is 0 Å². The van der Waals surface area contributed by atoms with Crippen molar-refractivity contribution in [2.24, 2.45) is 5.41 Å². The third kappa shape index (κ3) is 4.35. The van der Waals surface area contributed by atoms with Crippen molar-refractivity contribution < 1.29 is 0 Å². The van der Waals surface area contributed by atoms with Crippen LogP contribution in [0.15, 0.2) is 54.8 Å². The molecule has 1 nitrogen and oxygen atoms in total. The zero-order chi connectivity index (χ0) is 12.0. The first-order valence-corrected chi connectivity index (χ1v) is 5.74. The Morgan fingerprint density at radius 2 is 1.94 bits per heavy atom. The van der Waals surface area contributed by atoms with Gasteiger partial charge in [0, 0.05) is 11.4 Å². The number of nitrogens with one attached hydrogen (secondary N) is 1. The van der Waals surface area contributed by atoms with Crippen LogP contribution in [0.5, 0.6) is 0 Å². The number of anilines is 1. The molecule has 0 amide bonds. The summed E-state index contributed by atoms with van der Waals surface area (Å²) in [6.45, 7) is 10.6. The van der Waals surface area contributed by atoms with Gasteiger partial charge in [-0.25, -0.2) is 0 Å². The molecule has 0 bridgehead atoms. The van der Waals surface area contributed by atoms with E-state index >= 15 is 0 Å². The fraction of sp³-hybridized carbons (Fsp3) is 0.333. The number of rotatable bonds is 5. The Labute approximate surface area is 98.9 Å². The first-order chi connectivity index (χ1) is 7.53. The van der Waals surface area contributed by atoms with Crippen molar-refractivity contribution in [1.82, 2.24) is 0 Å². The van der Waals surface area contributed by atoms with Crippen LogP contribution in [0, 0.1) is 5.41 Å². The van der Waals surface area contributed by atoms with Gasteiger partial charge in [0.25, 0.3) is 0 Å². The highest BCUT2D eigenvalue weighted by atomic mass is 14.9. The van der Waals surface area contributed by atoms with Crippen LogP contribution in [0.4, 0.5) is 5.69 Å². The van der Waals surface area contributed by atoms with Gasteiger partial charge in [-0.2, -0.15) is 0 Å². The molecule has 0 aliphatic heterocycles. The lowest BCUT2D eigenvalue weighted by Crippen LogP contribution is -2.05. The Hall–Kier alpha value is -1.50. The monoisotopic (exact) mass is 215 g/mol. The molecule has 0 aliphatic carbocycles. The van der Waals surface area contributed by atoms with Crippen LogP contribution in [0.25, 0.3) is 0 Å². The summed E-state index contributed by atoms with van der Waals surface area (Å²) in [7, 11) is 0. The second-order valence-electron chi connectivity index (χ2n) is 4.69. The minimum atomic E-state index is 0.237. The van der Waals surface area contributed by atoms with Gasteiger partial charge < -0.3 is 5.32 Å². The zero-order valence-corrected chi connectivity index (χ0v) is 10.5. The Balaban J connectivity index is 2.55. The maximum atomic E-state index is 3.99. The minimum Gasteiger partial charge on any atom is -0.356 e. The van der Waals surface area contributed by atoms with E-state index in [1.54, 1.807) is 0 Å². The maximum Gasteiger partial charge on any atom is 0.0384 e. The molecule has 1 heteroatoms. The van der Waals surface area contributed by atoms with Crippen LogP contribution in [0.3, 0.4) is 0 Å². The van der Waals surface area contributed by atoms with E-state index in [1.807, 2.05) is 30.3 Å². The van der Waals surface area contributed by atoms with Crippen molar-refractivity contribution in [3.8, 4) is 0 Å². The molecule has 0 aromatic heterocycles. The Morgan fingerprint density at radius 1 is 1.31 bits per heavy atom. The summed E-state index contributed by atoms with van der Waals surface area (Å²) in [5, 5.41) is 3.26. The van der Waals surface area contributed by atoms with Gasteiger partial charge in [0.1, 0.15) is 0 Å². The number of hydrogen-bond acceptors (Lipinski definition) is 1. The maximum absolute atomic E-state index is 3.99. The summed E-state index contributed by atoms with van der Waals surface area (Å²) >= 11 is 0. The molecule has 0 atom stereocenters. The van der Waals surface area contributed by atoms with Gasteiger partial charge in [0.05, 0.1) is 0 Å². The van der Waals surface area contributed by atoms with Gasteiger partial charge >= 0.3 is 0 Å². The van der Waals surface area contributed by atoms with Crippen LogP contribution in [-0.2, 0) is 0 Å². The van der Waals surface area contributed by atoms with Gasteiger partial charge in [-0.05, 0) is 30.0 Å². The largest absolute Gasteiger partial charge is 0.356 e. The quantitative estimate of drug-likeness (QED) is 0.707. The topological polar surface area (TPSA) is 12.0 Å². The van der Waals surface area contributed by atoms with Crippen molar-refractivity contribution in [1.29, 1.82) is 0 Å². The molecule has 0 radical (unpaired) electrons. The SMILES string of the molecule is C=C(/C=C\C(C)(C)CC)Nc1ccccc1. The molecule has 0 unspecified atom stereocenters. The van der Waals surface area contributed by atoms with Gasteiger partial charge in [-0.1, -0.05) is 51.6 Å². The zero-order valence-electron chi connectivity index (χ0n) is 10.5. The Bertz CT molecular complexity index is 360. The summed E-state index contributed by atoms with van der Waals surface area (Å²) < 4.78 is 0. The Morgan fingerprint density at radius 3 is 2.50 bits per heavy atom. The number of allylic oxidation sites excluding steroid dienone is 2. The summed E-state index contributed by atoms with van der Waals surface area (Å²) in [5.41, 5.74) is 2.24. The lowest BCUT2D eigenvalue weighted by Gasteiger charge is -2.17. The van der Waals surface area contributed by atoms with Crippen molar-refractivity contribution in [3.63, 3.8) is 0 Å². The predicted molar refractivity (Wildman–Crippen MR) is 72.4 cm³/mol. The molecule has 16 heavy (non-hydrogen) atoms. The molecular weight excluding hydrogens is 194 g/mol. The fourth-order valence-corrected chi connectivity index (χ4v) is 1.19. The van der Waals surface area contributed by atoms with E-state index in [0.29, 0.717) is 0 Å². The molecule has 0 saturated heterocycles. The van der Waals surface area contributed by atoms with E-state index in [2.05, 4.69) is 44.8 Å². The third-order valence-corrected chi connectivity index (χ3v) is 2.73. The average Bonchev–Trinajstić information content (AvgIpc) is 2.28. The summed E-state index contributed by atoms with van der Waals surface area (Å²) in [6.07, 6.45) is 5.38. The summed E-state index contributed by atoms with van der Waals surface area (Å²) in [6, 6.07) is 10.1. The highest BCUT2D eigenvalue weighted by Gasteiger charge is 2.09. The van der Waals surface area contributed by atoms with E-state index in [-0.39, 0.29) is 5.41 Å². The highest BCUT2D eigenvalue weighted by Crippen LogP contribution is 2.22. The molecule has 0 fully saturated rings. The van der Waals surface area contributed by atoms with E-state index in [0.717, 1.165) is 17.8 Å². The lowest BCUT2D eigenvalue weighted by molar-refractivity contribution is 0.462. The molecule has 0 saturated carbocycles. The molecule has 1 aromatic rings. The highest BCUT2D eigenvalue weighted by molar-refractivity contribution is 5.49. The second-order valence-corrected chi connectivity index (χ2v) is 4.69. The van der Waals surface area contributed by atoms with Crippen molar-refractivity contribution >= 4 is 5.69 Å². The van der Waals surface area contributed by atoms with Crippen LogP contribution in [0.1, 0.15) is 27.2 Å². The number of para-hydroxylation sites is 1. The molecular formula is C15H21N. The molecule has 1 rings (SSSR count). The van der Waals surface area contributed by atoms with Crippen molar-refractivity contribution in [3.05, 3.63) is 54.8 Å². The van der Waals surface area contributed by atoms with Crippen molar-refractivity contribution in [2.45, 2.75) is 27.2 Å². The lowest BCUT2D eigenvalue weighted by atomic mass is 9.90. The van der Waals surface area contributed by atoms with Gasteiger partial charge in [0.2, 0.25) is 0 Å². The number of benzene rings is 1. The second kappa shape index (κ2) is 5.55. The third-order valence-electron chi connectivity index (χ3n) is 2.73. The smallest absolute Gasteiger partial charge is 0.0384 e. The van der Waals surface area contributed by atoms with E-state index in [9.17, 15) is 0 Å². The molecule has 86 valence electrons. The van der Waals surface area contributed by atoms with Crippen LogP contribution < -0.4 is 5.32 Å². The molecule has 0 aliphatic rings. The standard InChI is InChI=1S/C15H21N/c1-5-15(3,4)12-11-13(2)16-14-9-7-6-8-10-14/h6-12,16H,2,5H2,1,3-4H3/b12-11-. The summed E-state index contributed by atoms with van der Waals surface area (Å²) in [5.74, 6) is 0. The van der Waals surface area contributed by atoms with E-state index in [4.69, 9.17) is 0 Å². The van der Waals surface area contributed by atoms with Gasteiger partial charge in [-0.15, -0.1) is 0 Å². The van der Waals surface area contributed by atoms with E-state index in [1.165, 1.54) is 0 Å². The first kappa shape index (κ1) is 12.6. The summed E-state index contributed by atoms with van der Waals surface area (Å²) in [4.78, 5) is 0. The predicted octanol–water partition coefficient (Wildman–Crippen LogP) is 4.60. The van der Waals surface area contributed by atoms with Gasteiger partial charge in [-0.3, -0.25) is 0 Å². The Kier molecular flexibility index (Phi) is 4.36. The molecule has 0 heterocycles. The van der Waals surface area contributed by atoms with Crippen LogP contribution >= 0.6 is 0 Å².